The Labute approximate surface area is 193 Å². The van der Waals surface area contributed by atoms with Gasteiger partial charge in [-0.3, -0.25) is 9.59 Å². The Balaban J connectivity index is 2.55. The molecular weight excluding hydrogens is 673 g/mol. The number of amides is 1. The van der Waals surface area contributed by atoms with E-state index in [4.69, 9.17) is 5.11 Å². The summed E-state index contributed by atoms with van der Waals surface area (Å²) in [7, 11) is 3.89. The van der Waals surface area contributed by atoms with Crippen LogP contribution in [0, 0.1) is 10.7 Å². The molecule has 0 fully saturated rings. The number of carbonyl (C=O) groups is 2. The molecule has 0 bridgehead atoms. The van der Waals surface area contributed by atoms with Crippen molar-refractivity contribution in [1.82, 2.24) is 0 Å². The van der Waals surface area contributed by atoms with Crippen molar-refractivity contribution in [1.29, 1.82) is 0 Å². The number of hydrogen-bond donors (Lipinski definition) is 1. The summed E-state index contributed by atoms with van der Waals surface area (Å²) in [5.74, 6) is -1.12. The number of hydrogen-bond acceptors (Lipinski definition) is 3. The van der Waals surface area contributed by atoms with E-state index in [-0.39, 0.29) is 18.9 Å². The maximum Gasteiger partial charge on any atom is 0.305 e. The van der Waals surface area contributed by atoms with Crippen LogP contribution in [0.5, 0.6) is 0 Å². The van der Waals surface area contributed by atoms with Crippen molar-refractivity contribution in [2.45, 2.75) is 6.42 Å². The number of benzene rings is 2. The highest BCUT2D eigenvalue weighted by Gasteiger charge is 2.26. The predicted octanol–water partition coefficient (Wildman–Crippen LogP) is 4.69. The largest absolute Gasteiger partial charge is 0.481 e. The molecule has 0 aromatic heterocycles. The van der Waals surface area contributed by atoms with Gasteiger partial charge in [-0.2, -0.15) is 0 Å². The van der Waals surface area contributed by atoms with Crippen LogP contribution in [0.2, 0.25) is 0 Å². The molecule has 0 heterocycles. The third-order valence-electron chi connectivity index (χ3n) is 3.67. The summed E-state index contributed by atoms with van der Waals surface area (Å²) >= 11 is 6.64. The summed E-state index contributed by atoms with van der Waals surface area (Å²) in [6, 6.07) is 11.2. The topological polar surface area (TPSA) is 60.9 Å². The van der Waals surface area contributed by atoms with Gasteiger partial charge in [-0.1, -0.05) is 18.2 Å². The highest BCUT2D eigenvalue weighted by atomic mass is 127. The Bertz CT molecular complexity index is 826. The average Bonchev–Trinajstić information content (AvgIpc) is 2.54. The minimum atomic E-state index is -0.931. The number of para-hydroxylation sites is 1. The van der Waals surface area contributed by atoms with Crippen LogP contribution in [-0.4, -0.2) is 37.6 Å². The first kappa shape index (κ1) is 21.7. The summed E-state index contributed by atoms with van der Waals surface area (Å²) in [5.41, 5.74) is 2.28. The van der Waals surface area contributed by atoms with Crippen LogP contribution in [-0.2, 0) is 4.79 Å². The van der Waals surface area contributed by atoms with E-state index in [1.807, 2.05) is 55.4 Å². The van der Waals surface area contributed by atoms with E-state index in [0.29, 0.717) is 11.3 Å². The van der Waals surface area contributed by atoms with Crippen molar-refractivity contribution in [3.05, 3.63) is 52.7 Å². The predicted molar refractivity (Wildman–Crippen MR) is 129 cm³/mol. The van der Waals surface area contributed by atoms with Crippen molar-refractivity contribution in [2.24, 2.45) is 0 Å². The molecule has 1 N–H and O–H groups in total. The fourth-order valence-corrected chi connectivity index (χ4v) is 7.28. The lowest BCUT2D eigenvalue weighted by Gasteiger charge is -2.26. The van der Waals surface area contributed by atoms with E-state index in [1.165, 1.54) is 0 Å². The zero-order chi connectivity index (χ0) is 19.4. The Morgan fingerprint density at radius 2 is 1.65 bits per heavy atom. The Hall–Kier alpha value is -0.630. The van der Waals surface area contributed by atoms with Crippen molar-refractivity contribution in [2.75, 3.05) is 30.4 Å². The third kappa shape index (κ3) is 5.00. The lowest BCUT2D eigenvalue weighted by Crippen LogP contribution is -2.34. The molecule has 138 valence electrons. The summed E-state index contributed by atoms with van der Waals surface area (Å²) in [6.45, 7) is 0.119. The first-order valence-electron chi connectivity index (χ1n) is 7.67. The zero-order valence-electron chi connectivity index (χ0n) is 14.2. The monoisotopic (exact) mass is 690 g/mol. The summed E-state index contributed by atoms with van der Waals surface area (Å²) in [5, 5.41) is 9.08. The SMILES string of the molecule is CN(C)c1c(I)cc(I)c(C(=O)N(CCC(=O)O)c2ccccc2)c1I. The second kappa shape index (κ2) is 9.53. The molecule has 2 aromatic carbocycles. The number of nitrogens with zero attached hydrogens (tertiary/aromatic N) is 2. The lowest BCUT2D eigenvalue weighted by molar-refractivity contribution is -0.136. The summed E-state index contributed by atoms with van der Waals surface area (Å²) in [6.07, 6.45) is -0.112. The van der Waals surface area contributed by atoms with Gasteiger partial charge >= 0.3 is 5.97 Å². The molecule has 1 amide bonds. The molecule has 26 heavy (non-hydrogen) atoms. The number of carbonyl (C=O) groups excluding carboxylic acids is 1. The van der Waals surface area contributed by atoms with Crippen LogP contribution in [0.4, 0.5) is 11.4 Å². The van der Waals surface area contributed by atoms with E-state index in [1.54, 1.807) is 4.90 Å². The van der Waals surface area contributed by atoms with Gasteiger partial charge in [-0.25, -0.2) is 0 Å². The van der Waals surface area contributed by atoms with Crippen molar-refractivity contribution in [3.63, 3.8) is 0 Å². The van der Waals surface area contributed by atoms with Crippen LogP contribution in [0.3, 0.4) is 0 Å². The Kier molecular flexibility index (Phi) is 7.94. The molecule has 0 saturated heterocycles. The van der Waals surface area contributed by atoms with Gasteiger partial charge in [0.1, 0.15) is 0 Å². The molecule has 0 aliphatic heterocycles. The molecule has 0 unspecified atom stereocenters. The van der Waals surface area contributed by atoms with Gasteiger partial charge in [0.15, 0.2) is 0 Å². The van der Waals surface area contributed by atoms with Gasteiger partial charge in [0.05, 0.1) is 21.2 Å². The van der Waals surface area contributed by atoms with Gasteiger partial charge in [-0.15, -0.1) is 0 Å². The van der Waals surface area contributed by atoms with Gasteiger partial charge < -0.3 is 14.9 Å². The summed E-state index contributed by atoms with van der Waals surface area (Å²) in [4.78, 5) is 28.0. The second-order valence-electron chi connectivity index (χ2n) is 5.71. The lowest BCUT2D eigenvalue weighted by atomic mass is 10.1. The average molecular weight is 690 g/mol. The molecule has 0 radical (unpaired) electrons. The van der Waals surface area contributed by atoms with E-state index < -0.39 is 5.97 Å². The molecule has 2 aromatic rings. The molecule has 0 atom stereocenters. The third-order valence-corrected chi connectivity index (χ3v) is 6.39. The molecule has 5 nitrogen and oxygen atoms in total. The van der Waals surface area contributed by atoms with Crippen LogP contribution in [0.1, 0.15) is 16.8 Å². The number of rotatable bonds is 6. The summed E-state index contributed by atoms with van der Waals surface area (Å²) < 4.78 is 2.78. The van der Waals surface area contributed by atoms with E-state index in [9.17, 15) is 9.59 Å². The first-order valence-corrected chi connectivity index (χ1v) is 10.9. The highest BCUT2D eigenvalue weighted by molar-refractivity contribution is 14.1. The molecule has 0 aliphatic rings. The van der Waals surface area contributed by atoms with E-state index in [0.717, 1.165) is 16.4 Å². The standard InChI is InChI=1S/C18H17I3N2O3/c1-22(2)17-13(20)10-12(19)15(16(17)21)18(26)23(9-8-14(24)25)11-6-4-3-5-7-11/h3-7,10H,8-9H2,1-2H3,(H,24,25). The van der Waals surface area contributed by atoms with Gasteiger partial charge in [0.25, 0.3) is 5.91 Å². The molecule has 8 heteroatoms. The maximum absolute atomic E-state index is 13.4. The second-order valence-corrected chi connectivity index (χ2v) is 9.11. The highest BCUT2D eigenvalue weighted by Crippen LogP contribution is 2.34. The smallest absolute Gasteiger partial charge is 0.305 e. The molecule has 2 rings (SSSR count). The van der Waals surface area contributed by atoms with Crippen LogP contribution in [0.25, 0.3) is 0 Å². The zero-order valence-corrected chi connectivity index (χ0v) is 20.6. The maximum atomic E-state index is 13.4. The molecule has 0 aliphatic carbocycles. The molecule has 0 spiro atoms. The number of carboxylic acid groups (broad SMARTS) is 1. The van der Waals surface area contributed by atoms with Gasteiger partial charge in [0, 0.05) is 33.5 Å². The molecular formula is C18H17I3N2O3. The normalized spacial score (nSPS) is 10.5. The minimum absolute atomic E-state index is 0.112. The minimum Gasteiger partial charge on any atom is -0.481 e. The number of carboxylic acids is 1. The van der Waals surface area contributed by atoms with Crippen molar-refractivity contribution in [3.8, 4) is 0 Å². The quantitative estimate of drug-likeness (QED) is 0.448. The van der Waals surface area contributed by atoms with Gasteiger partial charge in [-0.05, 0) is 86.0 Å². The Morgan fingerprint density at radius 1 is 1.04 bits per heavy atom. The first-order chi connectivity index (χ1) is 12.2. The number of aliphatic carboxylic acids is 1. The Morgan fingerprint density at radius 3 is 2.19 bits per heavy atom. The van der Waals surface area contributed by atoms with Crippen molar-refractivity contribution < 1.29 is 14.7 Å². The fourth-order valence-electron chi connectivity index (χ4n) is 2.48. The van der Waals surface area contributed by atoms with Crippen molar-refractivity contribution >= 4 is 91.0 Å². The van der Waals surface area contributed by atoms with Crippen LogP contribution >= 0.6 is 67.8 Å². The van der Waals surface area contributed by atoms with E-state index in [2.05, 4.69) is 67.8 Å². The van der Waals surface area contributed by atoms with E-state index >= 15 is 0 Å². The van der Waals surface area contributed by atoms with Crippen LogP contribution in [0.15, 0.2) is 36.4 Å². The molecule has 0 saturated carbocycles. The fraction of sp³-hybridized carbons (Fsp3) is 0.222. The van der Waals surface area contributed by atoms with Gasteiger partial charge in [0.2, 0.25) is 0 Å². The number of anilines is 2. The number of halogens is 3. The van der Waals surface area contributed by atoms with Crippen LogP contribution < -0.4 is 9.80 Å².